The van der Waals surface area contributed by atoms with Crippen molar-refractivity contribution in [2.75, 3.05) is 19.6 Å². The van der Waals surface area contributed by atoms with Crippen LogP contribution in [-0.2, 0) is 0 Å². The van der Waals surface area contributed by atoms with E-state index >= 15 is 0 Å². The summed E-state index contributed by atoms with van der Waals surface area (Å²) in [4.78, 5) is 2.59. The van der Waals surface area contributed by atoms with Crippen LogP contribution in [0.3, 0.4) is 0 Å². The Labute approximate surface area is 82.5 Å². The summed E-state index contributed by atoms with van der Waals surface area (Å²) in [5.74, 6) is 0.820. The lowest BCUT2D eigenvalue weighted by Gasteiger charge is -2.35. The van der Waals surface area contributed by atoms with Crippen molar-refractivity contribution >= 4 is 0 Å². The van der Waals surface area contributed by atoms with Crippen molar-refractivity contribution in [1.82, 2.24) is 4.90 Å². The number of nitrogens with two attached hydrogens (primary N) is 1. The number of hydrogen-bond donors (Lipinski definition) is 1. The second kappa shape index (κ2) is 5.61. The number of likely N-dealkylation sites (tertiary alicyclic amines) is 1. The van der Waals surface area contributed by atoms with Gasteiger partial charge < -0.3 is 5.73 Å². The summed E-state index contributed by atoms with van der Waals surface area (Å²) < 4.78 is 0. The fourth-order valence-electron chi connectivity index (χ4n) is 2.05. The van der Waals surface area contributed by atoms with E-state index in [1.807, 2.05) is 0 Å². The molecule has 0 radical (unpaired) electrons. The van der Waals surface area contributed by atoms with Gasteiger partial charge in [-0.05, 0) is 38.3 Å². The highest BCUT2D eigenvalue weighted by Crippen LogP contribution is 2.17. The van der Waals surface area contributed by atoms with Crippen molar-refractivity contribution in [3.05, 3.63) is 0 Å². The van der Waals surface area contributed by atoms with E-state index < -0.39 is 0 Å². The molecule has 13 heavy (non-hydrogen) atoms. The Bertz CT molecular complexity index is 134. The van der Waals surface area contributed by atoms with E-state index in [0.717, 1.165) is 12.5 Å². The highest BCUT2D eigenvalue weighted by atomic mass is 15.2. The predicted molar refractivity (Wildman–Crippen MR) is 57.7 cm³/mol. The maximum Gasteiger partial charge on any atom is 0.0218 e. The van der Waals surface area contributed by atoms with Gasteiger partial charge in [-0.15, -0.1) is 0 Å². The Morgan fingerprint density at radius 3 is 2.77 bits per heavy atom. The predicted octanol–water partition coefficient (Wildman–Crippen LogP) is 1.85. The molecule has 2 heteroatoms. The third kappa shape index (κ3) is 3.65. The molecule has 1 fully saturated rings. The van der Waals surface area contributed by atoms with E-state index in [1.54, 1.807) is 0 Å². The third-order valence-corrected chi connectivity index (χ3v) is 3.01. The van der Waals surface area contributed by atoms with Crippen LogP contribution in [0.1, 0.15) is 39.5 Å². The van der Waals surface area contributed by atoms with Crippen LogP contribution >= 0.6 is 0 Å². The summed E-state index contributed by atoms with van der Waals surface area (Å²) >= 11 is 0. The third-order valence-electron chi connectivity index (χ3n) is 3.01. The number of nitrogens with zero attached hydrogens (tertiary/aromatic N) is 1. The molecule has 0 spiro atoms. The van der Waals surface area contributed by atoms with E-state index in [2.05, 4.69) is 18.7 Å². The molecule has 1 unspecified atom stereocenters. The average Bonchev–Trinajstić information content (AvgIpc) is 2.15. The van der Waals surface area contributed by atoms with Crippen molar-refractivity contribution in [1.29, 1.82) is 0 Å². The van der Waals surface area contributed by atoms with Crippen molar-refractivity contribution < 1.29 is 0 Å². The average molecular weight is 184 g/mol. The summed E-state index contributed by atoms with van der Waals surface area (Å²) in [7, 11) is 0. The lowest BCUT2D eigenvalue weighted by molar-refractivity contribution is 0.145. The highest BCUT2D eigenvalue weighted by molar-refractivity contribution is 4.77. The molecule has 78 valence electrons. The summed E-state index contributed by atoms with van der Waals surface area (Å²) in [5, 5.41) is 0. The van der Waals surface area contributed by atoms with Crippen LogP contribution in [0, 0.1) is 5.92 Å². The van der Waals surface area contributed by atoms with Crippen LogP contribution < -0.4 is 5.73 Å². The Morgan fingerprint density at radius 1 is 1.38 bits per heavy atom. The van der Waals surface area contributed by atoms with Crippen LogP contribution in [0.15, 0.2) is 0 Å². The van der Waals surface area contributed by atoms with E-state index in [1.165, 1.54) is 38.8 Å². The smallest absolute Gasteiger partial charge is 0.0218 e. The summed E-state index contributed by atoms with van der Waals surface area (Å²) in [6.45, 7) is 7.95. The molecule has 0 aromatic rings. The molecule has 0 aromatic heterocycles. The summed E-state index contributed by atoms with van der Waals surface area (Å²) in [6, 6.07) is 0.674. The van der Waals surface area contributed by atoms with Crippen molar-refractivity contribution in [3.8, 4) is 0 Å². The van der Waals surface area contributed by atoms with Gasteiger partial charge in [-0.25, -0.2) is 0 Å². The van der Waals surface area contributed by atoms with Crippen molar-refractivity contribution in [2.24, 2.45) is 11.7 Å². The van der Waals surface area contributed by atoms with Gasteiger partial charge in [-0.3, -0.25) is 4.90 Å². The van der Waals surface area contributed by atoms with E-state index in [-0.39, 0.29) is 0 Å². The Hall–Kier alpha value is -0.0800. The van der Waals surface area contributed by atoms with Gasteiger partial charge >= 0.3 is 0 Å². The first kappa shape index (κ1) is 11.0. The van der Waals surface area contributed by atoms with Gasteiger partial charge in [0.2, 0.25) is 0 Å². The molecule has 0 saturated carbocycles. The van der Waals surface area contributed by atoms with Gasteiger partial charge in [0, 0.05) is 12.6 Å². The zero-order chi connectivity index (χ0) is 9.68. The maximum atomic E-state index is 5.76. The first-order valence-corrected chi connectivity index (χ1v) is 5.68. The molecule has 1 rings (SSSR count). The molecular weight excluding hydrogens is 160 g/mol. The molecule has 1 saturated heterocycles. The minimum Gasteiger partial charge on any atom is -0.329 e. The van der Waals surface area contributed by atoms with Gasteiger partial charge in [-0.1, -0.05) is 20.3 Å². The van der Waals surface area contributed by atoms with Crippen molar-refractivity contribution in [2.45, 2.75) is 45.6 Å². The standard InChI is InChI=1S/C11H24N2/c1-10(2)6-8-13-7-4-3-5-11(13)9-12/h10-11H,3-9,12H2,1-2H3. The zero-order valence-electron chi connectivity index (χ0n) is 9.13. The number of piperidine rings is 1. The molecule has 1 aliphatic rings. The quantitative estimate of drug-likeness (QED) is 0.722. The SMILES string of the molecule is CC(C)CCN1CCCCC1CN. The largest absolute Gasteiger partial charge is 0.329 e. The molecule has 2 nitrogen and oxygen atoms in total. The molecule has 1 atom stereocenters. The second-order valence-corrected chi connectivity index (χ2v) is 4.60. The molecule has 0 aromatic carbocycles. The Morgan fingerprint density at radius 2 is 2.15 bits per heavy atom. The minimum atomic E-state index is 0.674. The molecular formula is C11H24N2. The Balaban J connectivity index is 2.27. The lowest BCUT2D eigenvalue weighted by Crippen LogP contribution is -2.44. The fourth-order valence-corrected chi connectivity index (χ4v) is 2.05. The lowest BCUT2D eigenvalue weighted by atomic mass is 10.0. The van der Waals surface area contributed by atoms with Crippen LogP contribution in [0.2, 0.25) is 0 Å². The topological polar surface area (TPSA) is 29.3 Å². The molecule has 0 aliphatic carbocycles. The van der Waals surface area contributed by atoms with Crippen LogP contribution in [0.25, 0.3) is 0 Å². The molecule has 1 heterocycles. The van der Waals surface area contributed by atoms with Gasteiger partial charge in [0.15, 0.2) is 0 Å². The van der Waals surface area contributed by atoms with E-state index in [4.69, 9.17) is 5.73 Å². The van der Waals surface area contributed by atoms with Crippen LogP contribution in [0.4, 0.5) is 0 Å². The van der Waals surface area contributed by atoms with Gasteiger partial charge in [0.05, 0.1) is 0 Å². The van der Waals surface area contributed by atoms with Crippen LogP contribution in [0.5, 0.6) is 0 Å². The summed E-state index contributed by atoms with van der Waals surface area (Å²) in [6.07, 6.45) is 5.37. The van der Waals surface area contributed by atoms with E-state index in [0.29, 0.717) is 6.04 Å². The Kier molecular flexibility index (Phi) is 4.74. The fraction of sp³-hybridized carbons (Fsp3) is 1.00. The van der Waals surface area contributed by atoms with E-state index in [9.17, 15) is 0 Å². The monoisotopic (exact) mass is 184 g/mol. The molecule has 2 N–H and O–H groups in total. The van der Waals surface area contributed by atoms with Crippen molar-refractivity contribution in [3.63, 3.8) is 0 Å². The zero-order valence-corrected chi connectivity index (χ0v) is 9.13. The van der Waals surface area contributed by atoms with Crippen LogP contribution in [-0.4, -0.2) is 30.6 Å². The highest BCUT2D eigenvalue weighted by Gasteiger charge is 2.20. The normalized spacial score (nSPS) is 25.4. The number of rotatable bonds is 4. The molecule has 0 bridgehead atoms. The van der Waals surface area contributed by atoms with Gasteiger partial charge in [-0.2, -0.15) is 0 Å². The number of hydrogen-bond acceptors (Lipinski definition) is 2. The second-order valence-electron chi connectivity index (χ2n) is 4.60. The minimum absolute atomic E-state index is 0.674. The van der Waals surface area contributed by atoms with Gasteiger partial charge in [0.25, 0.3) is 0 Å². The summed E-state index contributed by atoms with van der Waals surface area (Å²) in [5.41, 5.74) is 5.76. The maximum absolute atomic E-state index is 5.76. The van der Waals surface area contributed by atoms with Gasteiger partial charge in [0.1, 0.15) is 0 Å². The molecule has 1 aliphatic heterocycles. The first-order valence-electron chi connectivity index (χ1n) is 5.68. The first-order chi connectivity index (χ1) is 6.24. The molecule has 0 amide bonds.